The molecule has 0 saturated carbocycles. The minimum atomic E-state index is -0.334. The van der Waals surface area contributed by atoms with E-state index in [1.54, 1.807) is 12.3 Å². The lowest BCUT2D eigenvalue weighted by molar-refractivity contribution is 0.561. The summed E-state index contributed by atoms with van der Waals surface area (Å²) in [6.07, 6.45) is 3.00. The highest BCUT2D eigenvalue weighted by atomic mass is 19.1. The highest BCUT2D eigenvalue weighted by Crippen LogP contribution is 2.23. The number of aromatic nitrogens is 3. The Morgan fingerprint density at radius 3 is 2.67 bits per heavy atom. The number of aromatic amines is 1. The average Bonchev–Trinajstić information content (AvgIpc) is 2.76. The Morgan fingerprint density at radius 2 is 2.06 bits per heavy atom. The molecule has 2 N–H and O–H groups in total. The number of nitrogens with one attached hydrogen (secondary N) is 2. The fraction of sp³-hybridized carbons (Fsp3) is 0.385. The standard InChI is InChI=1S/C13H17FN4/c1-13(2,3)12-9(7-17-18-12)6-15-11-5-4-10(14)8-16-11/h4-5,7-8H,6H2,1-3H3,(H,15,16)(H,17,18). The fourth-order valence-corrected chi connectivity index (χ4v) is 1.76. The van der Waals surface area contributed by atoms with Gasteiger partial charge in [-0.3, -0.25) is 5.10 Å². The van der Waals surface area contributed by atoms with Crippen molar-refractivity contribution in [2.24, 2.45) is 0 Å². The number of hydrogen-bond acceptors (Lipinski definition) is 3. The Balaban J connectivity index is 2.07. The molecule has 0 aliphatic heterocycles. The van der Waals surface area contributed by atoms with E-state index in [0.29, 0.717) is 12.4 Å². The fourth-order valence-electron chi connectivity index (χ4n) is 1.76. The zero-order chi connectivity index (χ0) is 13.2. The smallest absolute Gasteiger partial charge is 0.141 e. The second kappa shape index (κ2) is 4.76. The molecule has 2 aromatic heterocycles. The van der Waals surface area contributed by atoms with Crippen LogP contribution >= 0.6 is 0 Å². The number of anilines is 1. The van der Waals surface area contributed by atoms with Crippen LogP contribution in [0.5, 0.6) is 0 Å². The van der Waals surface area contributed by atoms with Crippen LogP contribution in [0.3, 0.4) is 0 Å². The first-order chi connectivity index (χ1) is 8.47. The molecule has 0 radical (unpaired) electrons. The molecule has 0 fully saturated rings. The van der Waals surface area contributed by atoms with Gasteiger partial charge in [0.15, 0.2) is 0 Å². The molecule has 0 aliphatic rings. The van der Waals surface area contributed by atoms with E-state index in [9.17, 15) is 4.39 Å². The van der Waals surface area contributed by atoms with E-state index in [2.05, 4.69) is 41.3 Å². The summed E-state index contributed by atoms with van der Waals surface area (Å²) in [5, 5.41) is 10.2. The summed E-state index contributed by atoms with van der Waals surface area (Å²) in [7, 11) is 0. The molecular formula is C13H17FN4. The van der Waals surface area contributed by atoms with Crippen molar-refractivity contribution in [1.82, 2.24) is 15.2 Å². The van der Waals surface area contributed by atoms with Crippen LogP contribution in [-0.2, 0) is 12.0 Å². The van der Waals surface area contributed by atoms with Gasteiger partial charge >= 0.3 is 0 Å². The topological polar surface area (TPSA) is 53.6 Å². The number of H-pyrrole nitrogens is 1. The van der Waals surface area contributed by atoms with E-state index in [1.165, 1.54) is 12.3 Å². The predicted molar refractivity (Wildman–Crippen MR) is 68.8 cm³/mol. The monoisotopic (exact) mass is 248 g/mol. The molecule has 0 unspecified atom stereocenters. The highest BCUT2D eigenvalue weighted by molar-refractivity contribution is 5.36. The molecule has 0 bridgehead atoms. The van der Waals surface area contributed by atoms with Crippen molar-refractivity contribution in [2.75, 3.05) is 5.32 Å². The third-order valence-electron chi connectivity index (χ3n) is 2.66. The predicted octanol–water partition coefficient (Wildman–Crippen LogP) is 2.85. The number of nitrogens with zero attached hydrogens (tertiary/aromatic N) is 2. The Bertz CT molecular complexity index is 511. The maximum absolute atomic E-state index is 12.7. The largest absolute Gasteiger partial charge is 0.366 e. The number of halogens is 1. The van der Waals surface area contributed by atoms with E-state index >= 15 is 0 Å². The van der Waals surface area contributed by atoms with Crippen molar-refractivity contribution in [1.29, 1.82) is 0 Å². The quantitative estimate of drug-likeness (QED) is 0.878. The molecule has 18 heavy (non-hydrogen) atoms. The van der Waals surface area contributed by atoms with Gasteiger partial charge in [0.1, 0.15) is 11.6 Å². The molecule has 2 rings (SSSR count). The third-order valence-corrected chi connectivity index (χ3v) is 2.66. The van der Waals surface area contributed by atoms with Crippen LogP contribution in [0.1, 0.15) is 32.0 Å². The summed E-state index contributed by atoms with van der Waals surface area (Å²) in [4.78, 5) is 3.95. The Hall–Kier alpha value is -1.91. The Morgan fingerprint density at radius 1 is 1.28 bits per heavy atom. The van der Waals surface area contributed by atoms with Gasteiger partial charge in [0, 0.05) is 23.2 Å². The second-order valence-corrected chi connectivity index (χ2v) is 5.24. The van der Waals surface area contributed by atoms with Gasteiger partial charge in [0.2, 0.25) is 0 Å². The van der Waals surface area contributed by atoms with Gasteiger partial charge in [0.05, 0.1) is 12.4 Å². The van der Waals surface area contributed by atoms with Gasteiger partial charge in [-0.25, -0.2) is 9.37 Å². The lowest BCUT2D eigenvalue weighted by Crippen LogP contribution is -2.15. The zero-order valence-electron chi connectivity index (χ0n) is 10.8. The first-order valence-electron chi connectivity index (χ1n) is 5.85. The minimum absolute atomic E-state index is 0.0176. The number of rotatable bonds is 3. The summed E-state index contributed by atoms with van der Waals surface area (Å²) in [5.74, 6) is 0.316. The summed E-state index contributed by atoms with van der Waals surface area (Å²) in [6.45, 7) is 6.99. The molecule has 0 aliphatic carbocycles. The molecule has 96 valence electrons. The number of hydrogen-bond donors (Lipinski definition) is 2. The van der Waals surface area contributed by atoms with E-state index < -0.39 is 0 Å². The molecule has 2 aromatic rings. The summed E-state index contributed by atoms with van der Waals surface area (Å²) < 4.78 is 12.7. The average molecular weight is 248 g/mol. The molecule has 2 heterocycles. The second-order valence-electron chi connectivity index (χ2n) is 5.24. The summed E-state index contributed by atoms with van der Waals surface area (Å²) in [6, 6.07) is 3.00. The van der Waals surface area contributed by atoms with E-state index in [4.69, 9.17) is 0 Å². The van der Waals surface area contributed by atoms with Crippen LogP contribution in [-0.4, -0.2) is 15.2 Å². The van der Waals surface area contributed by atoms with E-state index in [1.807, 2.05) is 0 Å². The minimum Gasteiger partial charge on any atom is -0.366 e. The Labute approximate surface area is 106 Å². The molecule has 0 spiro atoms. The van der Waals surface area contributed by atoms with Crippen LogP contribution < -0.4 is 5.32 Å². The molecule has 4 nitrogen and oxygen atoms in total. The molecule has 0 aromatic carbocycles. The van der Waals surface area contributed by atoms with Gasteiger partial charge in [-0.1, -0.05) is 20.8 Å². The first kappa shape index (κ1) is 12.5. The van der Waals surface area contributed by atoms with Gasteiger partial charge in [-0.05, 0) is 12.1 Å². The van der Waals surface area contributed by atoms with Crippen molar-refractivity contribution < 1.29 is 4.39 Å². The van der Waals surface area contributed by atoms with Crippen LogP contribution in [0.25, 0.3) is 0 Å². The highest BCUT2D eigenvalue weighted by Gasteiger charge is 2.19. The van der Waals surface area contributed by atoms with E-state index in [-0.39, 0.29) is 11.2 Å². The van der Waals surface area contributed by atoms with Crippen LogP contribution in [0.2, 0.25) is 0 Å². The van der Waals surface area contributed by atoms with Crippen LogP contribution in [0.15, 0.2) is 24.5 Å². The SMILES string of the molecule is CC(C)(C)c1[nH]ncc1CNc1ccc(F)cn1. The number of pyridine rings is 1. The van der Waals surface area contributed by atoms with Crippen molar-refractivity contribution in [3.63, 3.8) is 0 Å². The van der Waals surface area contributed by atoms with E-state index in [0.717, 1.165) is 11.3 Å². The van der Waals surface area contributed by atoms with Gasteiger partial charge < -0.3 is 5.32 Å². The van der Waals surface area contributed by atoms with Crippen molar-refractivity contribution >= 4 is 5.82 Å². The molecule has 0 amide bonds. The molecule has 0 saturated heterocycles. The first-order valence-corrected chi connectivity index (χ1v) is 5.85. The van der Waals surface area contributed by atoms with Crippen molar-refractivity contribution in [2.45, 2.75) is 32.7 Å². The van der Waals surface area contributed by atoms with Crippen molar-refractivity contribution in [3.05, 3.63) is 41.6 Å². The lowest BCUT2D eigenvalue weighted by Gasteiger charge is -2.18. The molecule has 5 heteroatoms. The summed E-state index contributed by atoms with van der Waals surface area (Å²) in [5.41, 5.74) is 2.20. The van der Waals surface area contributed by atoms with Gasteiger partial charge in [-0.15, -0.1) is 0 Å². The van der Waals surface area contributed by atoms with Crippen molar-refractivity contribution in [3.8, 4) is 0 Å². The maximum Gasteiger partial charge on any atom is 0.141 e. The molecular weight excluding hydrogens is 231 g/mol. The Kier molecular flexibility index (Phi) is 3.32. The van der Waals surface area contributed by atoms with Crippen LogP contribution in [0.4, 0.5) is 10.2 Å². The summed E-state index contributed by atoms with van der Waals surface area (Å²) >= 11 is 0. The molecule has 0 atom stereocenters. The van der Waals surface area contributed by atoms with Gasteiger partial charge in [-0.2, -0.15) is 5.10 Å². The van der Waals surface area contributed by atoms with Gasteiger partial charge in [0.25, 0.3) is 0 Å². The van der Waals surface area contributed by atoms with Crippen LogP contribution in [0, 0.1) is 5.82 Å². The normalized spacial score (nSPS) is 11.6. The third kappa shape index (κ3) is 2.85. The maximum atomic E-state index is 12.7. The zero-order valence-corrected chi connectivity index (χ0v) is 10.8. The lowest BCUT2D eigenvalue weighted by atomic mass is 9.89.